The van der Waals surface area contributed by atoms with Crippen LogP contribution in [0.1, 0.15) is 62.5 Å². The molecule has 0 aliphatic carbocycles. The van der Waals surface area contributed by atoms with Crippen LogP contribution in [-0.4, -0.2) is 57.4 Å². The number of nitrogen functional groups attached to an aromatic ring is 1. The van der Waals surface area contributed by atoms with Crippen LogP contribution >= 0.6 is 11.8 Å². The van der Waals surface area contributed by atoms with Crippen molar-refractivity contribution in [3.8, 4) is 6.01 Å². The molecule has 2 fully saturated rings. The molecular weight excluding hydrogens is 530 g/mol. The highest BCUT2D eigenvalue weighted by molar-refractivity contribution is 8.00. The summed E-state index contributed by atoms with van der Waals surface area (Å²) in [5.74, 6) is 1.43. The van der Waals surface area contributed by atoms with Crippen LogP contribution in [0.3, 0.4) is 0 Å². The number of aromatic nitrogens is 2. The lowest BCUT2D eigenvalue weighted by atomic mass is 10.0. The normalized spacial score (nSPS) is 19.4. The van der Waals surface area contributed by atoms with Crippen LogP contribution in [-0.2, 0) is 22.7 Å². The summed E-state index contributed by atoms with van der Waals surface area (Å²) < 4.78 is 5.54. The third-order valence-corrected chi connectivity index (χ3v) is 8.53. The Morgan fingerprint density at radius 3 is 2.52 bits per heavy atom. The SMILES string of the molecule is Nc1ccnc(OCc2ccc(CNC(=O)CCCCCNC(=O)CCCC[C@@H]3SC[C@@H]4NC(=O)N[C@@H]43)cc2)n1. The van der Waals surface area contributed by atoms with Crippen LogP contribution in [0.2, 0.25) is 0 Å². The van der Waals surface area contributed by atoms with Gasteiger partial charge >= 0.3 is 12.0 Å². The number of fused-ring (bicyclic) bond motifs is 1. The Bertz CT molecular complexity index is 1130. The number of hydrogen-bond acceptors (Lipinski definition) is 8. The summed E-state index contributed by atoms with van der Waals surface area (Å²) in [4.78, 5) is 43.7. The first-order chi connectivity index (χ1) is 19.5. The van der Waals surface area contributed by atoms with Crippen molar-refractivity contribution in [1.82, 2.24) is 31.2 Å². The molecule has 40 heavy (non-hydrogen) atoms. The van der Waals surface area contributed by atoms with E-state index < -0.39 is 0 Å². The maximum atomic E-state index is 12.2. The maximum Gasteiger partial charge on any atom is 0.318 e. The number of nitrogens with two attached hydrogens (primary N) is 1. The van der Waals surface area contributed by atoms with Gasteiger partial charge in [-0.15, -0.1) is 0 Å². The van der Waals surface area contributed by atoms with Crippen LogP contribution in [0.4, 0.5) is 10.6 Å². The van der Waals surface area contributed by atoms with Crippen molar-refractivity contribution in [2.45, 2.75) is 81.9 Å². The van der Waals surface area contributed by atoms with Crippen molar-refractivity contribution in [2.75, 3.05) is 18.0 Å². The van der Waals surface area contributed by atoms with Crippen LogP contribution in [0.15, 0.2) is 36.5 Å². The quantitative estimate of drug-likeness (QED) is 0.152. The lowest BCUT2D eigenvalue weighted by Gasteiger charge is -2.16. The van der Waals surface area contributed by atoms with E-state index in [1.807, 2.05) is 36.0 Å². The van der Waals surface area contributed by atoms with Crippen LogP contribution in [0.25, 0.3) is 0 Å². The van der Waals surface area contributed by atoms with E-state index >= 15 is 0 Å². The summed E-state index contributed by atoms with van der Waals surface area (Å²) in [5, 5.41) is 12.3. The number of urea groups is 1. The predicted molar refractivity (Wildman–Crippen MR) is 155 cm³/mol. The average Bonchev–Trinajstić information content (AvgIpc) is 3.50. The molecule has 216 valence electrons. The fourth-order valence-corrected chi connectivity index (χ4v) is 6.33. The molecule has 4 rings (SSSR count). The number of nitrogens with one attached hydrogen (secondary N) is 4. The van der Waals surface area contributed by atoms with Gasteiger partial charge in [0, 0.05) is 43.1 Å². The molecule has 3 heterocycles. The van der Waals surface area contributed by atoms with Gasteiger partial charge < -0.3 is 31.7 Å². The van der Waals surface area contributed by atoms with Crippen molar-refractivity contribution in [3.05, 3.63) is 47.7 Å². The number of nitrogens with zero attached hydrogens (tertiary/aromatic N) is 2. The molecule has 2 aliphatic heterocycles. The highest BCUT2D eigenvalue weighted by Gasteiger charge is 2.42. The van der Waals surface area contributed by atoms with Crippen molar-refractivity contribution >= 4 is 35.4 Å². The minimum atomic E-state index is -0.0586. The van der Waals surface area contributed by atoms with Crippen molar-refractivity contribution < 1.29 is 19.1 Å². The Hall–Kier alpha value is -3.54. The summed E-state index contributed by atoms with van der Waals surface area (Å²) in [6.07, 6.45) is 7.95. The molecule has 1 aromatic carbocycles. The fourth-order valence-electron chi connectivity index (χ4n) is 4.79. The van der Waals surface area contributed by atoms with Gasteiger partial charge in [-0.1, -0.05) is 37.1 Å². The molecule has 0 saturated carbocycles. The second-order valence-electron chi connectivity index (χ2n) is 10.2. The van der Waals surface area contributed by atoms with E-state index in [1.54, 1.807) is 12.3 Å². The zero-order valence-corrected chi connectivity index (χ0v) is 23.5. The Balaban J connectivity index is 0.970. The van der Waals surface area contributed by atoms with E-state index in [9.17, 15) is 14.4 Å². The second kappa shape index (κ2) is 15.3. The number of carbonyl (C=O) groups is 3. The highest BCUT2D eigenvalue weighted by atomic mass is 32.2. The van der Waals surface area contributed by atoms with Gasteiger partial charge in [-0.2, -0.15) is 16.7 Å². The summed E-state index contributed by atoms with van der Waals surface area (Å²) in [7, 11) is 0. The minimum Gasteiger partial charge on any atom is -0.459 e. The molecule has 0 radical (unpaired) electrons. The molecule has 4 amide bonds. The molecule has 11 nitrogen and oxygen atoms in total. The molecule has 2 aromatic rings. The predicted octanol–water partition coefficient (Wildman–Crippen LogP) is 2.66. The summed E-state index contributed by atoms with van der Waals surface area (Å²) >= 11 is 1.91. The number of carbonyl (C=O) groups excluding carboxylic acids is 3. The Kier molecular flexibility index (Phi) is 11.3. The minimum absolute atomic E-state index is 0.0231. The number of benzene rings is 1. The monoisotopic (exact) mass is 569 g/mol. The van der Waals surface area contributed by atoms with E-state index in [0.29, 0.717) is 43.6 Å². The van der Waals surface area contributed by atoms with Crippen molar-refractivity contribution in [1.29, 1.82) is 0 Å². The summed E-state index contributed by atoms with van der Waals surface area (Å²) in [6, 6.07) is 10.1. The first-order valence-corrected chi connectivity index (χ1v) is 15.0. The number of ether oxygens (including phenoxy) is 1. The third-order valence-electron chi connectivity index (χ3n) is 7.02. The van der Waals surface area contributed by atoms with Gasteiger partial charge in [0.1, 0.15) is 12.4 Å². The fraction of sp³-hybridized carbons (Fsp3) is 0.536. The van der Waals surface area contributed by atoms with Gasteiger partial charge in [0.2, 0.25) is 11.8 Å². The number of thioether (sulfide) groups is 1. The smallest absolute Gasteiger partial charge is 0.318 e. The molecule has 12 heteroatoms. The van der Waals surface area contributed by atoms with Crippen molar-refractivity contribution in [3.63, 3.8) is 0 Å². The molecule has 6 N–H and O–H groups in total. The number of rotatable bonds is 16. The maximum absolute atomic E-state index is 12.2. The van der Waals surface area contributed by atoms with Gasteiger partial charge in [0.05, 0.1) is 12.1 Å². The molecule has 0 spiro atoms. The largest absolute Gasteiger partial charge is 0.459 e. The first-order valence-electron chi connectivity index (χ1n) is 14.0. The van der Waals surface area contributed by atoms with E-state index in [1.165, 1.54) is 0 Å². The number of unbranched alkanes of at least 4 members (excludes halogenated alkanes) is 3. The molecule has 2 aliphatic rings. The van der Waals surface area contributed by atoms with Gasteiger partial charge in [0.15, 0.2) is 0 Å². The molecular formula is C28H39N7O4S. The molecule has 2 saturated heterocycles. The summed E-state index contributed by atoms with van der Waals surface area (Å²) in [6.45, 7) is 1.44. The van der Waals surface area contributed by atoms with Gasteiger partial charge in [-0.05, 0) is 42.9 Å². The standard InChI is InChI=1S/C28H39N7O4S/c29-23-13-15-31-28(34-23)39-17-20-11-9-19(10-12-20)16-32-25(37)7-2-1-5-14-30-24(36)8-4-3-6-22-26-21(18-40-22)33-27(38)35-26/h9-13,15,21-22,26H,1-8,14,16-18H2,(H,30,36)(H,32,37)(H2,29,31,34)(H2,33,35,38)/t21-,22-,26-/m0/s1. The van der Waals surface area contributed by atoms with E-state index in [0.717, 1.165) is 55.4 Å². The Morgan fingerprint density at radius 2 is 1.73 bits per heavy atom. The first kappa shape index (κ1) is 29.4. The number of anilines is 1. The van der Waals surface area contributed by atoms with Crippen molar-refractivity contribution in [2.24, 2.45) is 0 Å². The van der Waals surface area contributed by atoms with E-state index in [-0.39, 0.29) is 35.9 Å². The van der Waals surface area contributed by atoms with Crippen LogP contribution in [0.5, 0.6) is 6.01 Å². The van der Waals surface area contributed by atoms with Gasteiger partial charge in [-0.3, -0.25) is 9.59 Å². The van der Waals surface area contributed by atoms with Crippen LogP contribution in [0, 0.1) is 0 Å². The molecule has 0 bridgehead atoms. The lowest BCUT2D eigenvalue weighted by molar-refractivity contribution is -0.122. The summed E-state index contributed by atoms with van der Waals surface area (Å²) in [5.41, 5.74) is 7.60. The van der Waals surface area contributed by atoms with Gasteiger partial charge in [0.25, 0.3) is 0 Å². The Labute approximate surface area is 239 Å². The second-order valence-corrected chi connectivity index (χ2v) is 11.4. The number of amides is 4. The van der Waals surface area contributed by atoms with E-state index in [4.69, 9.17) is 10.5 Å². The van der Waals surface area contributed by atoms with Gasteiger partial charge in [-0.25, -0.2) is 9.78 Å². The van der Waals surface area contributed by atoms with Crippen LogP contribution < -0.4 is 31.7 Å². The Morgan fingerprint density at radius 1 is 0.975 bits per heavy atom. The highest BCUT2D eigenvalue weighted by Crippen LogP contribution is 2.33. The molecule has 1 aromatic heterocycles. The zero-order chi connectivity index (χ0) is 28.2. The zero-order valence-electron chi connectivity index (χ0n) is 22.7. The van der Waals surface area contributed by atoms with E-state index in [2.05, 4.69) is 31.2 Å². The average molecular weight is 570 g/mol. The third kappa shape index (κ3) is 9.58. The molecule has 0 unspecified atom stereocenters. The number of hydrogen-bond donors (Lipinski definition) is 5. The topological polar surface area (TPSA) is 160 Å². The molecule has 3 atom stereocenters. The lowest BCUT2D eigenvalue weighted by Crippen LogP contribution is -2.36.